The lowest BCUT2D eigenvalue weighted by Gasteiger charge is -2.29. The quantitative estimate of drug-likeness (QED) is 0.312. The fourth-order valence-corrected chi connectivity index (χ4v) is 5.20. The maximum Gasteiger partial charge on any atom is 0.326 e. The molecule has 36 heavy (non-hydrogen) atoms. The van der Waals surface area contributed by atoms with Gasteiger partial charge in [-0.3, -0.25) is 14.8 Å². The molecule has 4 N–H and O–H groups in total. The van der Waals surface area contributed by atoms with E-state index in [1.807, 2.05) is 18.2 Å². The average Bonchev–Trinajstić information content (AvgIpc) is 3.24. The number of imidazole rings is 1. The highest BCUT2D eigenvalue weighted by Gasteiger charge is 2.22. The standard InChI is InChI=1S/C24H26N8O3S/c1-31-8-6-15(7-9-31)27-23(34)19-5-4-18(36-19)16-11-20(26-14-2-3-14)32-21(28-16)13(12-25-32)10-17-22(33)30-24(35)29-17/h4-5,10-12,14-15,33H,2-3,6-9H2,1H3,(H,27,34)(H2,29,30,35)/b13-10-,26-20?. The summed E-state index contributed by atoms with van der Waals surface area (Å²) in [5.41, 5.74) is 1.64. The number of piperidine rings is 1. The number of hydrogen-bond donors (Lipinski definition) is 4. The summed E-state index contributed by atoms with van der Waals surface area (Å²) < 4.78 is 1.66. The van der Waals surface area contributed by atoms with E-state index in [2.05, 4.69) is 32.3 Å². The smallest absolute Gasteiger partial charge is 0.326 e. The number of hydrogen-bond acceptors (Lipinski definition) is 8. The van der Waals surface area contributed by atoms with Gasteiger partial charge in [0.2, 0.25) is 5.88 Å². The fraction of sp³-hybridized carbons (Fsp3) is 0.375. The highest BCUT2D eigenvalue weighted by molar-refractivity contribution is 7.17. The van der Waals surface area contributed by atoms with Gasteiger partial charge in [0, 0.05) is 17.3 Å². The van der Waals surface area contributed by atoms with Crippen LogP contribution in [0.5, 0.6) is 5.88 Å². The van der Waals surface area contributed by atoms with Gasteiger partial charge in [0.25, 0.3) is 5.91 Å². The Morgan fingerprint density at radius 2 is 2.06 bits per heavy atom. The third-order valence-electron chi connectivity index (χ3n) is 6.51. The number of thiophene rings is 1. The summed E-state index contributed by atoms with van der Waals surface area (Å²) in [5, 5.41) is 18.2. The number of rotatable bonds is 5. The second kappa shape index (κ2) is 9.03. The first-order valence-electron chi connectivity index (χ1n) is 12.0. The lowest BCUT2D eigenvalue weighted by molar-refractivity contribution is 0.0921. The van der Waals surface area contributed by atoms with E-state index in [9.17, 15) is 14.7 Å². The molecule has 0 radical (unpaired) electrons. The summed E-state index contributed by atoms with van der Waals surface area (Å²) >= 11 is 1.39. The third-order valence-corrected chi connectivity index (χ3v) is 7.62. The largest absolute Gasteiger partial charge is 0.493 e. The number of amides is 1. The van der Waals surface area contributed by atoms with Crippen LogP contribution in [0.2, 0.25) is 0 Å². The van der Waals surface area contributed by atoms with Crippen molar-refractivity contribution in [3.63, 3.8) is 0 Å². The van der Waals surface area contributed by atoms with Gasteiger partial charge in [-0.1, -0.05) is 0 Å². The Bertz CT molecular complexity index is 1620. The van der Waals surface area contributed by atoms with Gasteiger partial charge in [-0.2, -0.15) is 9.61 Å². The third kappa shape index (κ3) is 4.56. The van der Waals surface area contributed by atoms with Crippen LogP contribution in [0, 0.1) is 0 Å². The maximum atomic E-state index is 12.9. The number of carbonyl (C=O) groups is 1. The Balaban J connectivity index is 1.37. The van der Waals surface area contributed by atoms with Crippen molar-refractivity contribution >= 4 is 29.0 Å². The predicted molar refractivity (Wildman–Crippen MR) is 135 cm³/mol. The Morgan fingerprint density at radius 3 is 2.78 bits per heavy atom. The number of carbonyl (C=O) groups excluding carboxylic acids is 1. The molecule has 0 aromatic carbocycles. The molecule has 0 atom stereocenters. The Hall–Kier alpha value is -3.77. The maximum absolute atomic E-state index is 12.9. The van der Waals surface area contributed by atoms with Crippen molar-refractivity contribution in [3.05, 3.63) is 56.2 Å². The van der Waals surface area contributed by atoms with E-state index in [4.69, 9.17) is 9.98 Å². The number of fused-ring (bicyclic) bond motifs is 1. The van der Waals surface area contributed by atoms with Crippen LogP contribution < -0.4 is 21.7 Å². The molecule has 2 aliphatic rings. The van der Waals surface area contributed by atoms with Gasteiger partial charge in [-0.25, -0.2) is 9.78 Å². The lowest BCUT2D eigenvalue weighted by Crippen LogP contribution is -2.43. The van der Waals surface area contributed by atoms with E-state index in [1.54, 1.807) is 16.8 Å². The van der Waals surface area contributed by atoms with Crippen molar-refractivity contribution in [2.45, 2.75) is 37.8 Å². The van der Waals surface area contributed by atoms with Gasteiger partial charge >= 0.3 is 5.69 Å². The fourth-order valence-electron chi connectivity index (χ4n) is 4.33. The minimum Gasteiger partial charge on any atom is -0.493 e. The highest BCUT2D eigenvalue weighted by Crippen LogP contribution is 2.27. The van der Waals surface area contributed by atoms with Crippen LogP contribution in [0.15, 0.2) is 34.2 Å². The van der Waals surface area contributed by atoms with Gasteiger partial charge in [0.1, 0.15) is 5.69 Å². The molecule has 0 bridgehead atoms. The summed E-state index contributed by atoms with van der Waals surface area (Å²) in [6, 6.07) is 6.09. The molecule has 1 aliphatic heterocycles. The molecule has 6 rings (SSSR count). The van der Waals surface area contributed by atoms with Crippen molar-refractivity contribution in [2.75, 3.05) is 20.1 Å². The van der Waals surface area contributed by atoms with E-state index >= 15 is 0 Å². The first kappa shape index (κ1) is 22.7. The number of nitrogens with zero attached hydrogens (tertiary/aromatic N) is 5. The van der Waals surface area contributed by atoms with Crippen molar-refractivity contribution in [3.8, 4) is 16.5 Å². The second-order valence-corrected chi connectivity index (χ2v) is 10.5. The molecule has 1 aliphatic carbocycles. The molecule has 186 valence electrons. The molecular formula is C24H26N8O3S. The minimum absolute atomic E-state index is 0.0602. The number of aromatic amines is 2. The molecule has 12 heteroatoms. The van der Waals surface area contributed by atoms with Crippen molar-refractivity contribution in [1.29, 1.82) is 0 Å². The van der Waals surface area contributed by atoms with E-state index in [0.717, 1.165) is 43.6 Å². The zero-order chi connectivity index (χ0) is 24.8. The van der Waals surface area contributed by atoms with E-state index in [1.165, 1.54) is 11.3 Å². The Labute approximate surface area is 209 Å². The van der Waals surface area contributed by atoms with Gasteiger partial charge in [-0.15, -0.1) is 11.3 Å². The SMILES string of the molecule is CN1CCC(NC(=O)c2ccc(-c3cc(=NC4CC4)n4nc/c(=C/c5[nH]c(=O)[nH]c5O)c4n3)s2)CC1. The van der Waals surface area contributed by atoms with Gasteiger partial charge in [0.05, 0.1) is 27.7 Å². The number of H-pyrrole nitrogens is 2. The molecule has 11 nitrogen and oxygen atoms in total. The van der Waals surface area contributed by atoms with Crippen molar-refractivity contribution in [1.82, 2.24) is 34.8 Å². The van der Waals surface area contributed by atoms with Gasteiger partial charge < -0.3 is 20.3 Å². The van der Waals surface area contributed by atoms with Crippen LogP contribution in [0.1, 0.15) is 41.0 Å². The molecule has 0 spiro atoms. The Kier molecular flexibility index (Phi) is 5.69. The van der Waals surface area contributed by atoms with Crippen LogP contribution in [0.4, 0.5) is 0 Å². The molecule has 0 unspecified atom stereocenters. The van der Waals surface area contributed by atoms with Crippen LogP contribution in [-0.2, 0) is 0 Å². The molecule has 4 aromatic heterocycles. The monoisotopic (exact) mass is 506 g/mol. The van der Waals surface area contributed by atoms with Crippen LogP contribution in [-0.4, -0.2) is 72.7 Å². The lowest BCUT2D eigenvalue weighted by atomic mass is 10.1. The van der Waals surface area contributed by atoms with Gasteiger partial charge in [0.15, 0.2) is 11.1 Å². The topological polar surface area (TPSA) is 144 Å². The van der Waals surface area contributed by atoms with E-state index in [0.29, 0.717) is 26.9 Å². The first-order valence-corrected chi connectivity index (χ1v) is 12.8. The molecule has 1 amide bonds. The van der Waals surface area contributed by atoms with Crippen molar-refractivity contribution in [2.24, 2.45) is 4.99 Å². The minimum atomic E-state index is -0.502. The zero-order valence-corrected chi connectivity index (χ0v) is 20.5. The summed E-state index contributed by atoms with van der Waals surface area (Å²) in [7, 11) is 2.10. The molecule has 5 heterocycles. The molecule has 4 aromatic rings. The summed E-state index contributed by atoms with van der Waals surface area (Å²) in [5.74, 6) is -0.313. The average molecular weight is 507 g/mol. The Morgan fingerprint density at radius 1 is 1.25 bits per heavy atom. The van der Waals surface area contributed by atoms with Crippen molar-refractivity contribution < 1.29 is 9.90 Å². The van der Waals surface area contributed by atoms with E-state index < -0.39 is 5.69 Å². The highest BCUT2D eigenvalue weighted by atomic mass is 32.1. The van der Waals surface area contributed by atoms with Crippen LogP contribution in [0.3, 0.4) is 0 Å². The van der Waals surface area contributed by atoms with Crippen LogP contribution >= 0.6 is 11.3 Å². The number of likely N-dealkylation sites (tertiary alicyclic amines) is 1. The normalized spacial score (nSPS) is 18.4. The first-order chi connectivity index (χ1) is 17.4. The molecule has 2 fully saturated rings. The summed E-state index contributed by atoms with van der Waals surface area (Å²) in [6.45, 7) is 1.97. The summed E-state index contributed by atoms with van der Waals surface area (Å²) in [4.78, 5) is 42.7. The second-order valence-electron chi connectivity index (χ2n) is 9.40. The van der Waals surface area contributed by atoms with E-state index in [-0.39, 0.29) is 29.6 Å². The molecular weight excluding hydrogens is 480 g/mol. The number of aromatic nitrogens is 5. The zero-order valence-electron chi connectivity index (χ0n) is 19.7. The van der Waals surface area contributed by atoms with Gasteiger partial charge in [-0.05, 0) is 64.0 Å². The molecule has 1 saturated carbocycles. The molecule has 1 saturated heterocycles. The number of nitrogens with one attached hydrogen (secondary N) is 3. The predicted octanol–water partition coefficient (Wildman–Crippen LogP) is 0.615. The number of aromatic hydroxyl groups is 1. The summed E-state index contributed by atoms with van der Waals surface area (Å²) in [6.07, 6.45) is 7.22. The van der Waals surface area contributed by atoms with Crippen LogP contribution in [0.25, 0.3) is 22.3 Å².